The Morgan fingerprint density at radius 2 is 1.67 bits per heavy atom. The molecule has 1 amide bonds. The van der Waals surface area contributed by atoms with E-state index in [-0.39, 0.29) is 23.9 Å². The number of carbonyl (C=O) groups excluding carboxylic acids is 2. The van der Waals surface area contributed by atoms with E-state index >= 15 is 0 Å². The number of ether oxygens (including phenoxy) is 1. The van der Waals surface area contributed by atoms with Crippen LogP contribution in [0.4, 0.5) is 5.69 Å². The monoisotopic (exact) mass is 405 g/mol. The molecular weight excluding hydrogens is 382 g/mol. The molecule has 1 N–H and O–H groups in total. The van der Waals surface area contributed by atoms with Crippen LogP contribution in [-0.4, -0.2) is 28.3 Å². The lowest BCUT2D eigenvalue weighted by Crippen LogP contribution is -2.28. The van der Waals surface area contributed by atoms with Crippen molar-refractivity contribution in [3.8, 4) is 5.69 Å². The summed E-state index contributed by atoms with van der Waals surface area (Å²) in [7, 11) is 0. The molecule has 0 radical (unpaired) electrons. The van der Waals surface area contributed by atoms with E-state index in [1.165, 1.54) is 6.07 Å². The highest BCUT2D eigenvalue weighted by molar-refractivity contribution is 6.01. The van der Waals surface area contributed by atoms with Crippen molar-refractivity contribution < 1.29 is 14.3 Å². The molecule has 154 valence electrons. The molecule has 3 rings (SSSR count). The van der Waals surface area contributed by atoms with Gasteiger partial charge in [-0.05, 0) is 31.0 Å². The Morgan fingerprint density at radius 3 is 2.27 bits per heavy atom. The lowest BCUT2D eigenvalue weighted by Gasteiger charge is -2.17. The number of hydrogen-bond acceptors (Lipinski definition) is 5. The van der Waals surface area contributed by atoms with Crippen molar-refractivity contribution in [3.63, 3.8) is 0 Å². The molecule has 0 bridgehead atoms. The molecule has 0 spiro atoms. The average molecular weight is 405 g/mol. The fraction of sp³-hybridized carbons (Fsp3) is 0.217. The minimum absolute atomic E-state index is 0.0324. The third kappa shape index (κ3) is 4.63. The number of nitrogens with zero attached hydrogens (tertiary/aromatic N) is 2. The van der Waals surface area contributed by atoms with Gasteiger partial charge in [0.25, 0.3) is 5.56 Å². The Balaban J connectivity index is 2.01. The highest BCUT2D eigenvalue weighted by Crippen LogP contribution is 2.22. The lowest BCUT2D eigenvalue weighted by molar-refractivity contribution is -0.117. The smallest absolute Gasteiger partial charge is 0.360 e. The second kappa shape index (κ2) is 9.65. The lowest BCUT2D eigenvalue weighted by atomic mass is 9.95. The van der Waals surface area contributed by atoms with Crippen molar-refractivity contribution in [1.29, 1.82) is 0 Å². The van der Waals surface area contributed by atoms with Crippen molar-refractivity contribution in [2.24, 2.45) is 0 Å². The fourth-order valence-electron chi connectivity index (χ4n) is 3.13. The van der Waals surface area contributed by atoms with Gasteiger partial charge in [0, 0.05) is 6.07 Å². The quantitative estimate of drug-likeness (QED) is 0.607. The van der Waals surface area contributed by atoms with E-state index in [9.17, 15) is 14.4 Å². The number of aromatic nitrogens is 2. The van der Waals surface area contributed by atoms with Gasteiger partial charge in [0.15, 0.2) is 5.69 Å². The van der Waals surface area contributed by atoms with Gasteiger partial charge in [0.05, 0.1) is 23.9 Å². The highest BCUT2D eigenvalue weighted by atomic mass is 16.5. The summed E-state index contributed by atoms with van der Waals surface area (Å²) in [5.41, 5.74) is 0.779. The number of rotatable bonds is 7. The van der Waals surface area contributed by atoms with Gasteiger partial charge < -0.3 is 10.1 Å². The molecule has 2 aromatic carbocycles. The summed E-state index contributed by atoms with van der Waals surface area (Å²) in [5.74, 6) is -1.48. The maximum Gasteiger partial charge on any atom is 0.360 e. The van der Waals surface area contributed by atoms with Crippen molar-refractivity contribution in [2.45, 2.75) is 26.2 Å². The van der Waals surface area contributed by atoms with E-state index in [2.05, 4.69) is 10.4 Å². The van der Waals surface area contributed by atoms with Crippen LogP contribution in [0.3, 0.4) is 0 Å². The normalized spacial score (nSPS) is 11.5. The molecule has 1 unspecified atom stereocenters. The summed E-state index contributed by atoms with van der Waals surface area (Å²) in [6.45, 7) is 3.71. The van der Waals surface area contributed by atoms with Crippen LogP contribution in [0, 0.1) is 0 Å². The second-order valence-electron chi connectivity index (χ2n) is 6.57. The Hall–Kier alpha value is -3.74. The minimum Gasteiger partial charge on any atom is -0.461 e. The van der Waals surface area contributed by atoms with Crippen LogP contribution >= 0.6 is 0 Å². The molecule has 7 heteroatoms. The largest absolute Gasteiger partial charge is 0.461 e. The number of anilines is 1. The van der Waals surface area contributed by atoms with Crippen LogP contribution in [0.2, 0.25) is 0 Å². The van der Waals surface area contributed by atoms with E-state index in [0.29, 0.717) is 12.1 Å². The zero-order valence-corrected chi connectivity index (χ0v) is 16.9. The van der Waals surface area contributed by atoms with Crippen molar-refractivity contribution in [2.75, 3.05) is 11.9 Å². The molecule has 30 heavy (non-hydrogen) atoms. The molecule has 1 heterocycles. The number of carbonyl (C=O) groups is 2. The molecule has 1 aromatic heterocycles. The van der Waals surface area contributed by atoms with Gasteiger partial charge in [-0.3, -0.25) is 9.59 Å². The zero-order valence-electron chi connectivity index (χ0n) is 16.9. The van der Waals surface area contributed by atoms with E-state index in [4.69, 9.17) is 4.74 Å². The average Bonchev–Trinajstić information content (AvgIpc) is 2.76. The molecular formula is C23H23N3O4. The van der Waals surface area contributed by atoms with Crippen molar-refractivity contribution in [1.82, 2.24) is 9.78 Å². The molecule has 0 saturated heterocycles. The first-order chi connectivity index (χ1) is 14.5. The summed E-state index contributed by atoms with van der Waals surface area (Å²) in [4.78, 5) is 38.1. The third-order valence-corrected chi connectivity index (χ3v) is 4.59. The topological polar surface area (TPSA) is 90.3 Å². The van der Waals surface area contributed by atoms with Gasteiger partial charge in [-0.25, -0.2) is 4.79 Å². The van der Waals surface area contributed by atoms with Gasteiger partial charge in [-0.1, -0.05) is 55.5 Å². The number of amides is 1. The second-order valence-corrected chi connectivity index (χ2v) is 6.57. The Labute approximate surface area is 174 Å². The SMILES string of the molecule is CCOC(=O)c1nn(-c2ccccc2)c(=O)cc1NC(=O)C(CC)c1ccccc1. The number of benzene rings is 2. The Bertz CT molecular complexity index is 1080. The number of esters is 1. The number of hydrogen-bond donors (Lipinski definition) is 1. The molecule has 0 fully saturated rings. The van der Waals surface area contributed by atoms with Gasteiger partial charge in [0.2, 0.25) is 5.91 Å². The van der Waals surface area contributed by atoms with Gasteiger partial charge in [-0.2, -0.15) is 9.78 Å². The molecule has 0 aliphatic rings. The standard InChI is InChI=1S/C23H23N3O4/c1-3-18(16-11-7-5-8-12-16)22(28)24-19-15-20(27)26(17-13-9-6-10-14-17)25-21(19)23(29)30-4-2/h5-15,18H,3-4H2,1-2H3,(H,24,28). The maximum atomic E-state index is 12.9. The van der Waals surface area contributed by atoms with Crippen LogP contribution in [0.25, 0.3) is 5.69 Å². The van der Waals surface area contributed by atoms with Gasteiger partial charge in [-0.15, -0.1) is 0 Å². The zero-order chi connectivity index (χ0) is 21.5. The van der Waals surface area contributed by atoms with E-state index < -0.39 is 17.4 Å². The van der Waals surface area contributed by atoms with E-state index in [1.807, 2.05) is 43.3 Å². The van der Waals surface area contributed by atoms with E-state index in [1.54, 1.807) is 31.2 Å². The van der Waals surface area contributed by atoms with Crippen LogP contribution in [-0.2, 0) is 9.53 Å². The minimum atomic E-state index is -0.717. The summed E-state index contributed by atoms with van der Waals surface area (Å²) in [5, 5.41) is 6.89. The van der Waals surface area contributed by atoms with Crippen LogP contribution in [0.5, 0.6) is 0 Å². The summed E-state index contributed by atoms with van der Waals surface area (Å²) >= 11 is 0. The summed E-state index contributed by atoms with van der Waals surface area (Å²) in [6.07, 6.45) is 0.555. The van der Waals surface area contributed by atoms with Crippen molar-refractivity contribution in [3.05, 3.63) is 88.3 Å². The fourth-order valence-corrected chi connectivity index (χ4v) is 3.13. The van der Waals surface area contributed by atoms with Crippen molar-refractivity contribution >= 4 is 17.6 Å². The number of nitrogens with one attached hydrogen (secondary N) is 1. The molecule has 0 aliphatic heterocycles. The first-order valence-corrected chi connectivity index (χ1v) is 9.77. The molecule has 0 aliphatic carbocycles. The van der Waals surface area contributed by atoms with Crippen LogP contribution < -0.4 is 10.9 Å². The predicted octanol–water partition coefficient (Wildman–Crippen LogP) is 3.54. The predicted molar refractivity (Wildman–Crippen MR) is 114 cm³/mol. The first-order valence-electron chi connectivity index (χ1n) is 9.77. The molecule has 0 saturated carbocycles. The molecule has 3 aromatic rings. The van der Waals surface area contributed by atoms with E-state index in [0.717, 1.165) is 10.2 Å². The van der Waals surface area contributed by atoms with Gasteiger partial charge in [0.1, 0.15) is 0 Å². The summed E-state index contributed by atoms with van der Waals surface area (Å²) < 4.78 is 6.19. The highest BCUT2D eigenvalue weighted by Gasteiger charge is 2.24. The number of para-hydroxylation sites is 1. The summed E-state index contributed by atoms with van der Waals surface area (Å²) in [6, 6.07) is 19.2. The van der Waals surface area contributed by atoms with Crippen LogP contribution in [0.1, 0.15) is 42.2 Å². The third-order valence-electron chi connectivity index (χ3n) is 4.59. The molecule has 1 atom stereocenters. The Kier molecular flexibility index (Phi) is 6.75. The Morgan fingerprint density at radius 1 is 1.03 bits per heavy atom. The van der Waals surface area contributed by atoms with Gasteiger partial charge >= 0.3 is 5.97 Å². The molecule has 7 nitrogen and oxygen atoms in total. The maximum absolute atomic E-state index is 12.9. The van der Waals surface area contributed by atoms with Crippen LogP contribution in [0.15, 0.2) is 71.5 Å². The first kappa shape index (κ1) is 21.0.